The lowest BCUT2D eigenvalue weighted by atomic mass is 10.1. The van der Waals surface area contributed by atoms with Crippen molar-refractivity contribution in [1.82, 2.24) is 19.2 Å². The topological polar surface area (TPSA) is 65.3 Å². The van der Waals surface area contributed by atoms with Crippen LogP contribution in [0.5, 0.6) is 0 Å². The SMILES string of the molecule is CCc1ccc(-c2cc3c(=O)n(Cc4nc(-c5ccc(Cl)cc5)oc4C)ccn3n2)cc1. The molecule has 0 N–H and O–H groups in total. The van der Waals surface area contributed by atoms with E-state index in [9.17, 15) is 4.79 Å². The molecule has 160 valence electrons. The minimum absolute atomic E-state index is 0.133. The van der Waals surface area contributed by atoms with E-state index < -0.39 is 0 Å². The Kier molecular flexibility index (Phi) is 5.15. The van der Waals surface area contributed by atoms with Crippen LogP contribution in [0.2, 0.25) is 5.02 Å². The van der Waals surface area contributed by atoms with Crippen molar-refractivity contribution in [2.24, 2.45) is 0 Å². The highest BCUT2D eigenvalue weighted by Gasteiger charge is 2.14. The summed E-state index contributed by atoms with van der Waals surface area (Å²) in [6, 6.07) is 17.4. The van der Waals surface area contributed by atoms with Crippen molar-refractivity contribution in [2.45, 2.75) is 26.8 Å². The Morgan fingerprint density at radius 2 is 1.72 bits per heavy atom. The predicted octanol–water partition coefficient (Wildman–Crippen LogP) is 5.39. The molecule has 0 bridgehead atoms. The molecule has 7 heteroatoms. The molecule has 0 radical (unpaired) electrons. The fraction of sp³-hybridized carbons (Fsp3) is 0.160. The fourth-order valence-electron chi connectivity index (χ4n) is 3.66. The van der Waals surface area contributed by atoms with Gasteiger partial charge in [0, 0.05) is 28.5 Å². The second-order valence-corrected chi connectivity index (χ2v) is 8.11. The number of aryl methyl sites for hydroxylation is 2. The van der Waals surface area contributed by atoms with Gasteiger partial charge in [-0.15, -0.1) is 0 Å². The van der Waals surface area contributed by atoms with E-state index in [2.05, 4.69) is 29.1 Å². The van der Waals surface area contributed by atoms with Crippen LogP contribution in [0.25, 0.3) is 28.2 Å². The lowest BCUT2D eigenvalue weighted by molar-refractivity contribution is 0.537. The molecule has 0 fully saturated rings. The molecule has 0 aliphatic heterocycles. The molecule has 0 saturated heterocycles. The third-order valence-electron chi connectivity index (χ3n) is 5.57. The molecule has 0 unspecified atom stereocenters. The molecular weight excluding hydrogens is 424 g/mol. The molecule has 3 aromatic heterocycles. The van der Waals surface area contributed by atoms with E-state index in [0.717, 1.165) is 23.2 Å². The zero-order chi connectivity index (χ0) is 22.2. The molecule has 0 amide bonds. The third kappa shape index (κ3) is 3.74. The smallest absolute Gasteiger partial charge is 0.276 e. The van der Waals surface area contributed by atoms with Gasteiger partial charge < -0.3 is 8.98 Å². The number of hydrogen-bond acceptors (Lipinski definition) is 4. The van der Waals surface area contributed by atoms with Crippen molar-refractivity contribution < 1.29 is 4.42 Å². The summed E-state index contributed by atoms with van der Waals surface area (Å²) in [7, 11) is 0. The summed E-state index contributed by atoms with van der Waals surface area (Å²) in [5.74, 6) is 1.18. The molecule has 0 atom stereocenters. The lowest BCUT2D eigenvalue weighted by Gasteiger charge is -2.04. The fourth-order valence-corrected chi connectivity index (χ4v) is 3.78. The lowest BCUT2D eigenvalue weighted by Crippen LogP contribution is -2.22. The Morgan fingerprint density at radius 1 is 1.00 bits per heavy atom. The van der Waals surface area contributed by atoms with Crippen LogP contribution in [-0.2, 0) is 13.0 Å². The van der Waals surface area contributed by atoms with E-state index in [0.29, 0.717) is 34.4 Å². The van der Waals surface area contributed by atoms with Crippen molar-refractivity contribution >= 4 is 17.1 Å². The van der Waals surface area contributed by atoms with Gasteiger partial charge in [-0.05, 0) is 49.2 Å². The minimum Gasteiger partial charge on any atom is -0.441 e. The maximum Gasteiger partial charge on any atom is 0.276 e. The molecule has 32 heavy (non-hydrogen) atoms. The maximum absolute atomic E-state index is 13.1. The van der Waals surface area contributed by atoms with E-state index in [1.54, 1.807) is 33.6 Å². The molecular formula is C25H21ClN4O2. The summed E-state index contributed by atoms with van der Waals surface area (Å²) in [4.78, 5) is 17.7. The second-order valence-electron chi connectivity index (χ2n) is 7.67. The first-order chi connectivity index (χ1) is 15.5. The van der Waals surface area contributed by atoms with Crippen molar-refractivity contribution in [3.8, 4) is 22.7 Å². The van der Waals surface area contributed by atoms with Crippen LogP contribution in [0.1, 0.15) is 23.9 Å². The Morgan fingerprint density at radius 3 is 2.44 bits per heavy atom. The first kappa shape index (κ1) is 20.3. The summed E-state index contributed by atoms with van der Waals surface area (Å²) >= 11 is 5.97. The van der Waals surface area contributed by atoms with E-state index in [1.807, 2.05) is 37.3 Å². The van der Waals surface area contributed by atoms with Crippen molar-refractivity contribution in [3.05, 3.63) is 99.4 Å². The van der Waals surface area contributed by atoms with Gasteiger partial charge in [0.1, 0.15) is 17.0 Å². The largest absolute Gasteiger partial charge is 0.441 e. The average Bonchev–Trinajstić information content (AvgIpc) is 3.40. The summed E-state index contributed by atoms with van der Waals surface area (Å²) in [5, 5.41) is 5.23. The van der Waals surface area contributed by atoms with Gasteiger partial charge in [-0.2, -0.15) is 5.10 Å². The number of benzene rings is 2. The number of nitrogens with zero attached hydrogens (tertiary/aromatic N) is 4. The number of aromatic nitrogens is 4. The second kappa shape index (κ2) is 8.13. The van der Waals surface area contributed by atoms with Crippen molar-refractivity contribution in [1.29, 1.82) is 0 Å². The Hall–Kier alpha value is -3.64. The number of halogens is 1. The van der Waals surface area contributed by atoms with Crippen LogP contribution in [0.4, 0.5) is 0 Å². The van der Waals surface area contributed by atoms with E-state index in [4.69, 9.17) is 16.0 Å². The predicted molar refractivity (Wildman–Crippen MR) is 125 cm³/mol. The van der Waals surface area contributed by atoms with Crippen LogP contribution in [-0.4, -0.2) is 19.2 Å². The first-order valence-corrected chi connectivity index (χ1v) is 10.8. The van der Waals surface area contributed by atoms with Crippen molar-refractivity contribution in [2.75, 3.05) is 0 Å². The summed E-state index contributed by atoms with van der Waals surface area (Å²) in [5.41, 5.74) is 4.94. The number of fused-ring (bicyclic) bond motifs is 1. The summed E-state index contributed by atoms with van der Waals surface area (Å²) in [6.07, 6.45) is 4.50. The van der Waals surface area contributed by atoms with E-state index >= 15 is 0 Å². The molecule has 2 aromatic carbocycles. The van der Waals surface area contributed by atoms with Crippen LogP contribution in [0.3, 0.4) is 0 Å². The maximum atomic E-state index is 13.1. The standard InChI is InChI=1S/C25H21ClN4O2/c1-3-17-4-6-18(7-5-17)21-14-23-25(31)29(12-13-30(23)28-21)15-22-16(2)32-24(27-22)19-8-10-20(26)11-9-19/h4-14H,3,15H2,1-2H3. The highest BCUT2D eigenvalue weighted by atomic mass is 35.5. The molecule has 0 spiro atoms. The van der Waals surface area contributed by atoms with Gasteiger partial charge in [0.25, 0.3) is 5.56 Å². The van der Waals surface area contributed by atoms with Gasteiger partial charge in [-0.1, -0.05) is 42.8 Å². The highest BCUT2D eigenvalue weighted by molar-refractivity contribution is 6.30. The number of oxazole rings is 1. The van der Waals surface area contributed by atoms with Crippen LogP contribution in [0.15, 0.2) is 76.2 Å². The highest BCUT2D eigenvalue weighted by Crippen LogP contribution is 2.24. The zero-order valence-corrected chi connectivity index (χ0v) is 18.5. The summed E-state index contributed by atoms with van der Waals surface area (Å²) in [6.45, 7) is 4.28. The van der Waals surface area contributed by atoms with Gasteiger partial charge in [-0.25, -0.2) is 9.50 Å². The zero-order valence-electron chi connectivity index (χ0n) is 17.7. The normalized spacial score (nSPS) is 11.3. The summed E-state index contributed by atoms with van der Waals surface area (Å²) < 4.78 is 9.08. The third-order valence-corrected chi connectivity index (χ3v) is 5.82. The van der Waals surface area contributed by atoms with Gasteiger partial charge >= 0.3 is 0 Å². The van der Waals surface area contributed by atoms with Gasteiger partial charge in [-0.3, -0.25) is 4.79 Å². The van der Waals surface area contributed by atoms with E-state index in [1.165, 1.54) is 5.56 Å². The Balaban J connectivity index is 1.47. The van der Waals surface area contributed by atoms with Gasteiger partial charge in [0.2, 0.25) is 5.89 Å². The Labute approximate surface area is 189 Å². The van der Waals surface area contributed by atoms with Gasteiger partial charge in [0.05, 0.1) is 12.2 Å². The van der Waals surface area contributed by atoms with Crippen molar-refractivity contribution in [3.63, 3.8) is 0 Å². The molecule has 3 heterocycles. The molecule has 0 saturated carbocycles. The quantitative estimate of drug-likeness (QED) is 0.364. The first-order valence-electron chi connectivity index (χ1n) is 10.4. The van der Waals surface area contributed by atoms with Crippen LogP contribution < -0.4 is 5.56 Å². The number of rotatable bonds is 5. The molecule has 0 aliphatic rings. The van der Waals surface area contributed by atoms with Crippen LogP contribution >= 0.6 is 11.6 Å². The van der Waals surface area contributed by atoms with Gasteiger partial charge in [0.15, 0.2) is 0 Å². The molecule has 5 rings (SSSR count). The number of hydrogen-bond donors (Lipinski definition) is 0. The molecule has 5 aromatic rings. The minimum atomic E-state index is -0.133. The molecule has 0 aliphatic carbocycles. The Bertz CT molecular complexity index is 1460. The molecule has 6 nitrogen and oxygen atoms in total. The van der Waals surface area contributed by atoms with Crippen LogP contribution in [0, 0.1) is 6.92 Å². The van der Waals surface area contributed by atoms with E-state index in [-0.39, 0.29) is 5.56 Å². The average molecular weight is 445 g/mol. The monoisotopic (exact) mass is 444 g/mol.